The van der Waals surface area contributed by atoms with E-state index in [2.05, 4.69) is 32.7 Å². The number of H-pyrrole nitrogens is 1. The highest BCUT2D eigenvalue weighted by atomic mass is 127. The molecule has 2 rings (SSSR count). The van der Waals surface area contributed by atoms with Crippen LogP contribution in [0.2, 0.25) is 0 Å². The maximum absolute atomic E-state index is 11.0. The molecule has 0 unspecified atom stereocenters. The second kappa shape index (κ2) is 2.72. The van der Waals surface area contributed by atoms with E-state index in [9.17, 15) is 9.90 Å². The van der Waals surface area contributed by atoms with Crippen molar-refractivity contribution >= 4 is 28.2 Å². The van der Waals surface area contributed by atoms with Gasteiger partial charge in [0.1, 0.15) is 0 Å². The number of fused-ring (bicyclic) bond motifs is 1. The van der Waals surface area contributed by atoms with E-state index in [1.54, 1.807) is 0 Å². The second-order valence-electron chi connectivity index (χ2n) is 2.65. The number of nitrogens with one attached hydrogen (secondary N) is 1. The van der Waals surface area contributed by atoms with Gasteiger partial charge in [0.25, 0.3) is 5.56 Å². The van der Waals surface area contributed by atoms with Gasteiger partial charge in [0.2, 0.25) is 5.88 Å². The van der Waals surface area contributed by atoms with Crippen LogP contribution in [-0.4, -0.2) is 19.7 Å². The average molecular weight is 291 g/mol. The third-order valence-corrected chi connectivity index (χ3v) is 3.00. The molecule has 0 spiro atoms. The molecule has 0 bridgehead atoms. The van der Waals surface area contributed by atoms with Crippen molar-refractivity contribution in [3.05, 3.63) is 25.7 Å². The first-order valence-corrected chi connectivity index (χ1v) is 4.64. The number of nitrogens with zero attached hydrogens (tertiary/aromatic N) is 2. The minimum Gasteiger partial charge on any atom is -0.493 e. The first kappa shape index (κ1) is 8.54. The number of aromatic amines is 1. The highest BCUT2D eigenvalue weighted by Crippen LogP contribution is 2.17. The number of aromatic hydroxyl groups is 1. The van der Waals surface area contributed by atoms with Gasteiger partial charge in [-0.3, -0.25) is 4.79 Å². The zero-order valence-corrected chi connectivity index (χ0v) is 8.86. The monoisotopic (exact) mass is 291 g/mol. The Bertz CT molecular complexity index is 528. The van der Waals surface area contributed by atoms with E-state index in [-0.39, 0.29) is 11.4 Å². The largest absolute Gasteiger partial charge is 0.493 e. The molecule has 0 radical (unpaired) electrons. The molecule has 0 aliphatic heterocycles. The Morgan fingerprint density at radius 2 is 2.38 bits per heavy atom. The van der Waals surface area contributed by atoms with Gasteiger partial charge >= 0.3 is 0 Å². The Labute approximate surface area is 86.5 Å². The molecular weight excluding hydrogens is 285 g/mol. The summed E-state index contributed by atoms with van der Waals surface area (Å²) in [5.74, 6) is -0.148. The van der Waals surface area contributed by atoms with Crippen molar-refractivity contribution in [2.75, 3.05) is 0 Å². The van der Waals surface area contributed by atoms with Gasteiger partial charge in [0.15, 0.2) is 5.65 Å². The van der Waals surface area contributed by atoms with E-state index >= 15 is 0 Å². The van der Waals surface area contributed by atoms with E-state index in [0.29, 0.717) is 5.65 Å². The fourth-order valence-corrected chi connectivity index (χ4v) is 1.58. The second-order valence-corrected chi connectivity index (χ2v) is 3.73. The standard InChI is InChI=1S/C7H6IN3O2/c1-3-6(8)7-9-4(12)2-5(13)11(7)10-3/h2,13H,1H3,(H,9,12). The molecule has 2 aromatic heterocycles. The Hall–Kier alpha value is -1.05. The minimum absolute atomic E-state index is 0.148. The smallest absolute Gasteiger partial charge is 0.254 e. The molecule has 5 nitrogen and oxygen atoms in total. The van der Waals surface area contributed by atoms with E-state index in [1.165, 1.54) is 4.52 Å². The summed E-state index contributed by atoms with van der Waals surface area (Å²) in [5, 5.41) is 13.4. The summed E-state index contributed by atoms with van der Waals surface area (Å²) in [5.41, 5.74) is 0.976. The zero-order valence-electron chi connectivity index (χ0n) is 6.71. The Morgan fingerprint density at radius 1 is 1.69 bits per heavy atom. The maximum Gasteiger partial charge on any atom is 0.254 e. The number of rotatable bonds is 0. The van der Waals surface area contributed by atoms with Crippen molar-refractivity contribution in [3.63, 3.8) is 0 Å². The van der Waals surface area contributed by atoms with Gasteiger partial charge < -0.3 is 10.1 Å². The van der Waals surface area contributed by atoms with Gasteiger partial charge in [-0.25, -0.2) is 0 Å². The van der Waals surface area contributed by atoms with Crippen LogP contribution in [0.15, 0.2) is 10.9 Å². The third kappa shape index (κ3) is 1.21. The lowest BCUT2D eigenvalue weighted by atomic mass is 10.5. The van der Waals surface area contributed by atoms with E-state index in [1.807, 2.05) is 6.92 Å². The van der Waals surface area contributed by atoms with Crippen LogP contribution in [0, 0.1) is 10.5 Å². The van der Waals surface area contributed by atoms with Crippen LogP contribution in [0.5, 0.6) is 5.88 Å². The predicted molar refractivity (Wildman–Crippen MR) is 54.9 cm³/mol. The Kier molecular flexibility index (Phi) is 1.79. The van der Waals surface area contributed by atoms with Crippen molar-refractivity contribution in [1.29, 1.82) is 0 Å². The number of hydrogen-bond donors (Lipinski definition) is 2. The van der Waals surface area contributed by atoms with Gasteiger partial charge in [-0.05, 0) is 29.5 Å². The molecule has 0 amide bonds. The third-order valence-electron chi connectivity index (χ3n) is 1.71. The summed E-state index contributed by atoms with van der Waals surface area (Å²) < 4.78 is 2.14. The maximum atomic E-state index is 11.0. The normalized spacial score (nSPS) is 10.9. The van der Waals surface area contributed by atoms with Crippen LogP contribution in [0.4, 0.5) is 0 Å². The van der Waals surface area contributed by atoms with Crippen LogP contribution in [0.1, 0.15) is 5.69 Å². The minimum atomic E-state index is -0.331. The Morgan fingerprint density at radius 3 is 3.08 bits per heavy atom. The molecular formula is C7H6IN3O2. The highest BCUT2D eigenvalue weighted by molar-refractivity contribution is 14.1. The molecule has 0 fully saturated rings. The van der Waals surface area contributed by atoms with Gasteiger partial charge in [0, 0.05) is 0 Å². The summed E-state index contributed by atoms with van der Waals surface area (Å²) >= 11 is 2.07. The quantitative estimate of drug-likeness (QED) is 0.700. The van der Waals surface area contributed by atoms with E-state index in [0.717, 1.165) is 15.3 Å². The van der Waals surface area contributed by atoms with Crippen LogP contribution < -0.4 is 5.56 Å². The summed E-state index contributed by atoms with van der Waals surface area (Å²) in [7, 11) is 0. The van der Waals surface area contributed by atoms with Crippen molar-refractivity contribution in [2.45, 2.75) is 6.92 Å². The number of aromatic nitrogens is 3. The van der Waals surface area contributed by atoms with Crippen molar-refractivity contribution in [1.82, 2.24) is 14.6 Å². The van der Waals surface area contributed by atoms with Gasteiger partial charge in [-0.2, -0.15) is 9.61 Å². The fraction of sp³-hybridized carbons (Fsp3) is 0.143. The average Bonchev–Trinajstić information content (AvgIpc) is 2.32. The fourth-order valence-electron chi connectivity index (χ4n) is 1.11. The van der Waals surface area contributed by atoms with Gasteiger partial charge in [0.05, 0.1) is 15.3 Å². The van der Waals surface area contributed by atoms with Crippen molar-refractivity contribution in [2.24, 2.45) is 0 Å². The molecule has 68 valence electrons. The van der Waals surface area contributed by atoms with Crippen LogP contribution in [0.3, 0.4) is 0 Å². The number of hydrogen-bond acceptors (Lipinski definition) is 3. The lowest BCUT2D eigenvalue weighted by molar-refractivity contribution is 0.434. The zero-order chi connectivity index (χ0) is 9.59. The molecule has 2 N–H and O–H groups in total. The predicted octanol–water partition coefficient (Wildman–Crippen LogP) is 0.641. The van der Waals surface area contributed by atoms with Gasteiger partial charge in [-0.1, -0.05) is 0 Å². The summed E-state index contributed by atoms with van der Waals surface area (Å²) in [4.78, 5) is 13.6. The molecule has 0 aromatic carbocycles. The summed E-state index contributed by atoms with van der Waals surface area (Å²) in [6.45, 7) is 1.81. The first-order chi connectivity index (χ1) is 6.09. The van der Waals surface area contributed by atoms with Crippen LogP contribution in [-0.2, 0) is 0 Å². The van der Waals surface area contributed by atoms with Crippen LogP contribution >= 0.6 is 22.6 Å². The van der Waals surface area contributed by atoms with E-state index in [4.69, 9.17) is 0 Å². The number of halogens is 1. The van der Waals surface area contributed by atoms with E-state index < -0.39 is 0 Å². The van der Waals surface area contributed by atoms with Crippen molar-refractivity contribution in [3.8, 4) is 5.88 Å². The highest BCUT2D eigenvalue weighted by Gasteiger charge is 2.09. The molecule has 0 saturated carbocycles. The van der Waals surface area contributed by atoms with Gasteiger partial charge in [-0.15, -0.1) is 0 Å². The Balaban J connectivity index is 3.03. The first-order valence-electron chi connectivity index (χ1n) is 3.56. The van der Waals surface area contributed by atoms with Crippen LogP contribution in [0.25, 0.3) is 5.65 Å². The molecule has 13 heavy (non-hydrogen) atoms. The lowest BCUT2D eigenvalue weighted by Gasteiger charge is -1.94. The molecule has 2 heterocycles. The number of aryl methyl sites for hydroxylation is 1. The topological polar surface area (TPSA) is 70.4 Å². The molecule has 2 aromatic rings. The van der Waals surface area contributed by atoms with Crippen molar-refractivity contribution < 1.29 is 5.11 Å². The molecule has 0 atom stereocenters. The SMILES string of the molecule is Cc1nn2c(O)cc(=O)[nH]c2c1I. The molecule has 0 aliphatic carbocycles. The molecule has 0 saturated heterocycles. The molecule has 0 aliphatic rings. The summed E-state index contributed by atoms with van der Waals surface area (Å²) in [6, 6.07) is 1.09. The summed E-state index contributed by atoms with van der Waals surface area (Å²) in [6.07, 6.45) is 0. The lowest BCUT2D eigenvalue weighted by Crippen LogP contribution is -2.07. The molecule has 6 heteroatoms.